The minimum absolute atomic E-state index is 0.0330. The van der Waals surface area contributed by atoms with Gasteiger partial charge in [-0.1, -0.05) is 11.6 Å². The highest BCUT2D eigenvalue weighted by molar-refractivity contribution is 7.99. The van der Waals surface area contributed by atoms with Crippen molar-refractivity contribution < 1.29 is 9.90 Å². The van der Waals surface area contributed by atoms with E-state index in [0.717, 1.165) is 22.1 Å². The van der Waals surface area contributed by atoms with Crippen LogP contribution >= 0.6 is 23.4 Å². The summed E-state index contributed by atoms with van der Waals surface area (Å²) in [5, 5.41) is 9.98. The van der Waals surface area contributed by atoms with Gasteiger partial charge in [-0.25, -0.2) is 0 Å². The lowest BCUT2D eigenvalue weighted by Crippen LogP contribution is -2.47. The number of thioether (sulfide) groups is 1. The summed E-state index contributed by atoms with van der Waals surface area (Å²) in [6, 6.07) is 7.70. The van der Waals surface area contributed by atoms with E-state index in [9.17, 15) is 9.90 Å². The minimum atomic E-state index is -0.500. The molecule has 20 heavy (non-hydrogen) atoms. The van der Waals surface area contributed by atoms with Crippen LogP contribution in [0, 0.1) is 0 Å². The molecule has 0 aliphatic rings. The smallest absolute Gasteiger partial charge is 0.222 e. The fraction of sp³-hybridized carbons (Fsp3) is 0.533. The van der Waals surface area contributed by atoms with Gasteiger partial charge in [-0.05, 0) is 50.3 Å². The summed E-state index contributed by atoms with van der Waals surface area (Å²) < 4.78 is 0. The van der Waals surface area contributed by atoms with E-state index in [4.69, 9.17) is 11.6 Å². The van der Waals surface area contributed by atoms with E-state index in [0.29, 0.717) is 6.42 Å². The van der Waals surface area contributed by atoms with Crippen molar-refractivity contribution in [3.63, 3.8) is 0 Å². The zero-order valence-electron chi connectivity index (χ0n) is 12.2. The third kappa shape index (κ3) is 5.35. The molecular weight excluding hydrogens is 294 g/mol. The van der Waals surface area contributed by atoms with E-state index in [2.05, 4.69) is 0 Å². The normalized spacial score (nSPS) is 11.4. The van der Waals surface area contributed by atoms with Crippen LogP contribution in [0.5, 0.6) is 0 Å². The van der Waals surface area contributed by atoms with E-state index in [1.165, 1.54) is 0 Å². The van der Waals surface area contributed by atoms with Crippen molar-refractivity contribution in [3.8, 4) is 0 Å². The van der Waals surface area contributed by atoms with Gasteiger partial charge in [-0.15, -0.1) is 11.8 Å². The molecule has 0 radical (unpaired) electrons. The van der Waals surface area contributed by atoms with E-state index < -0.39 is 5.54 Å². The fourth-order valence-corrected chi connectivity index (χ4v) is 2.53. The zero-order chi connectivity index (χ0) is 15.2. The molecule has 5 heteroatoms. The van der Waals surface area contributed by atoms with Gasteiger partial charge in [0.2, 0.25) is 5.91 Å². The average molecular weight is 316 g/mol. The van der Waals surface area contributed by atoms with Crippen molar-refractivity contribution in [3.05, 3.63) is 29.3 Å². The number of aliphatic hydroxyl groups is 1. The molecule has 0 heterocycles. The summed E-state index contributed by atoms with van der Waals surface area (Å²) in [5.74, 6) is 0.960. The Hall–Kier alpha value is -0.710. The molecule has 3 nitrogen and oxygen atoms in total. The first-order valence-electron chi connectivity index (χ1n) is 6.63. The van der Waals surface area contributed by atoms with E-state index in [1.807, 2.05) is 38.1 Å². The van der Waals surface area contributed by atoms with Crippen LogP contribution in [-0.2, 0) is 4.79 Å². The second-order valence-corrected chi connectivity index (χ2v) is 6.93. The second kappa shape index (κ2) is 7.91. The summed E-state index contributed by atoms with van der Waals surface area (Å²) >= 11 is 7.54. The molecule has 0 unspecified atom stereocenters. The van der Waals surface area contributed by atoms with Crippen LogP contribution < -0.4 is 0 Å². The number of amides is 1. The van der Waals surface area contributed by atoms with Gasteiger partial charge >= 0.3 is 0 Å². The number of rotatable bonds is 7. The number of halogens is 1. The molecule has 0 spiro atoms. The van der Waals surface area contributed by atoms with Gasteiger partial charge in [-0.2, -0.15) is 0 Å². The molecule has 0 atom stereocenters. The number of benzene rings is 1. The maximum atomic E-state index is 12.0. The largest absolute Gasteiger partial charge is 0.394 e. The Morgan fingerprint density at radius 1 is 1.35 bits per heavy atom. The maximum Gasteiger partial charge on any atom is 0.222 e. The predicted molar refractivity (Wildman–Crippen MR) is 85.3 cm³/mol. The Morgan fingerprint density at radius 3 is 2.50 bits per heavy atom. The fourth-order valence-electron chi connectivity index (χ4n) is 1.56. The molecule has 0 aromatic heterocycles. The van der Waals surface area contributed by atoms with Crippen LogP contribution in [0.1, 0.15) is 26.7 Å². The molecule has 0 bridgehead atoms. The van der Waals surface area contributed by atoms with Crippen molar-refractivity contribution in [1.29, 1.82) is 0 Å². The molecule has 0 aliphatic carbocycles. The number of nitrogens with zero attached hydrogens (tertiary/aromatic N) is 1. The molecular formula is C15H22ClNO2S. The second-order valence-electron chi connectivity index (χ2n) is 5.33. The average Bonchev–Trinajstić information content (AvgIpc) is 2.44. The lowest BCUT2D eigenvalue weighted by Gasteiger charge is -2.34. The first kappa shape index (κ1) is 17.3. The van der Waals surface area contributed by atoms with Crippen LogP contribution in [0.15, 0.2) is 29.2 Å². The van der Waals surface area contributed by atoms with Crippen molar-refractivity contribution >= 4 is 29.3 Å². The molecule has 1 rings (SSSR count). The van der Waals surface area contributed by atoms with Crippen molar-refractivity contribution in [2.24, 2.45) is 0 Å². The first-order chi connectivity index (χ1) is 9.36. The molecule has 0 saturated carbocycles. The summed E-state index contributed by atoms with van der Waals surface area (Å²) in [6.45, 7) is 3.68. The van der Waals surface area contributed by atoms with E-state index in [-0.39, 0.29) is 12.5 Å². The van der Waals surface area contributed by atoms with Gasteiger partial charge in [0.15, 0.2) is 0 Å². The number of carbonyl (C=O) groups excluding carboxylic acids is 1. The highest BCUT2D eigenvalue weighted by Gasteiger charge is 2.26. The molecule has 1 amide bonds. The van der Waals surface area contributed by atoms with Gasteiger partial charge in [0.25, 0.3) is 0 Å². The molecule has 0 saturated heterocycles. The molecule has 0 aliphatic heterocycles. The molecule has 1 aromatic rings. The van der Waals surface area contributed by atoms with Gasteiger partial charge in [0.1, 0.15) is 0 Å². The summed E-state index contributed by atoms with van der Waals surface area (Å²) in [6.07, 6.45) is 1.32. The number of likely N-dealkylation sites (N-methyl/N-ethyl adjacent to an activating group) is 1. The van der Waals surface area contributed by atoms with Crippen LogP contribution in [0.2, 0.25) is 5.02 Å². The Bertz CT molecular complexity index is 434. The third-order valence-corrected chi connectivity index (χ3v) is 4.64. The van der Waals surface area contributed by atoms with Crippen LogP contribution in [0.25, 0.3) is 0 Å². The lowest BCUT2D eigenvalue weighted by atomic mass is 10.0. The van der Waals surface area contributed by atoms with Gasteiger partial charge in [0.05, 0.1) is 12.1 Å². The van der Waals surface area contributed by atoms with E-state index >= 15 is 0 Å². The Morgan fingerprint density at radius 2 is 1.95 bits per heavy atom. The van der Waals surface area contributed by atoms with E-state index in [1.54, 1.807) is 23.7 Å². The summed E-state index contributed by atoms with van der Waals surface area (Å²) in [7, 11) is 1.74. The standard InChI is InChI=1S/C15H22ClNO2S/c1-15(2,11-18)17(3)14(19)5-4-10-20-13-8-6-12(16)7-9-13/h6-9,18H,4-5,10-11H2,1-3H3. The van der Waals surface area contributed by atoms with Crippen molar-refractivity contribution in [2.75, 3.05) is 19.4 Å². The first-order valence-corrected chi connectivity index (χ1v) is 7.99. The lowest BCUT2D eigenvalue weighted by molar-refractivity contribution is -0.136. The SMILES string of the molecule is CN(C(=O)CCCSc1ccc(Cl)cc1)C(C)(C)CO. The topological polar surface area (TPSA) is 40.5 Å². The number of carbonyl (C=O) groups is 1. The Labute approximate surface area is 130 Å². The van der Waals surface area contributed by atoms with Crippen LogP contribution in [0.3, 0.4) is 0 Å². The van der Waals surface area contributed by atoms with Crippen molar-refractivity contribution in [2.45, 2.75) is 37.1 Å². The van der Waals surface area contributed by atoms with Crippen molar-refractivity contribution in [1.82, 2.24) is 4.90 Å². The molecule has 1 aromatic carbocycles. The third-order valence-electron chi connectivity index (χ3n) is 3.29. The maximum absolute atomic E-state index is 12.0. The summed E-state index contributed by atoms with van der Waals surface area (Å²) in [5.41, 5.74) is -0.500. The highest BCUT2D eigenvalue weighted by atomic mass is 35.5. The zero-order valence-corrected chi connectivity index (χ0v) is 13.8. The molecule has 0 fully saturated rings. The monoisotopic (exact) mass is 315 g/mol. The Balaban J connectivity index is 2.30. The number of aliphatic hydroxyl groups excluding tert-OH is 1. The van der Waals surface area contributed by atoms with Gasteiger partial charge in [0, 0.05) is 23.4 Å². The quantitative estimate of drug-likeness (QED) is 0.619. The summed E-state index contributed by atoms with van der Waals surface area (Å²) in [4.78, 5) is 14.8. The van der Waals surface area contributed by atoms with Gasteiger partial charge < -0.3 is 10.0 Å². The van der Waals surface area contributed by atoms with Crippen LogP contribution in [0.4, 0.5) is 0 Å². The predicted octanol–water partition coefficient (Wildman–Crippen LogP) is 3.44. The Kier molecular flexibility index (Phi) is 6.86. The molecule has 1 N–H and O–H groups in total. The number of hydrogen-bond donors (Lipinski definition) is 1. The highest BCUT2D eigenvalue weighted by Crippen LogP contribution is 2.22. The number of hydrogen-bond acceptors (Lipinski definition) is 3. The minimum Gasteiger partial charge on any atom is -0.394 e. The van der Waals surface area contributed by atoms with Gasteiger partial charge in [-0.3, -0.25) is 4.79 Å². The molecule has 112 valence electrons. The van der Waals surface area contributed by atoms with Crippen LogP contribution in [-0.4, -0.2) is 40.9 Å².